The third-order valence-electron chi connectivity index (χ3n) is 3.36. The first-order valence-electron chi connectivity index (χ1n) is 6.92. The largest absolute Gasteiger partial charge is 0.323 e. The van der Waals surface area contributed by atoms with E-state index in [1.54, 1.807) is 12.1 Å². The Balaban J connectivity index is 2.12. The lowest BCUT2D eigenvalue weighted by molar-refractivity contribution is 0.571. The Morgan fingerprint density at radius 1 is 1.05 bits per heavy atom. The van der Waals surface area contributed by atoms with Crippen LogP contribution in [-0.2, 0) is 16.4 Å². The van der Waals surface area contributed by atoms with E-state index in [1.807, 2.05) is 49.4 Å². The zero-order valence-corrected chi connectivity index (χ0v) is 12.8. The molecule has 0 aliphatic rings. The number of benzene rings is 2. The van der Waals surface area contributed by atoms with Gasteiger partial charge < -0.3 is 5.73 Å². The van der Waals surface area contributed by atoms with Crippen LogP contribution in [0.5, 0.6) is 0 Å². The van der Waals surface area contributed by atoms with Crippen LogP contribution < -0.4 is 10.5 Å². The molecule has 0 fully saturated rings. The van der Waals surface area contributed by atoms with E-state index in [0.717, 1.165) is 11.1 Å². The standard InChI is InChI=1S/C16H20N2O2S/c1-2-13-8-6-7-11-16(13)21(19,20)18-12-15(17)14-9-4-3-5-10-14/h3-11,15,18H,2,12,17H2,1H3. The van der Waals surface area contributed by atoms with Crippen molar-refractivity contribution in [2.75, 3.05) is 6.54 Å². The molecule has 4 nitrogen and oxygen atoms in total. The molecular weight excluding hydrogens is 284 g/mol. The maximum Gasteiger partial charge on any atom is 0.240 e. The zero-order valence-electron chi connectivity index (χ0n) is 12.0. The number of hydrogen-bond donors (Lipinski definition) is 2. The molecule has 0 bridgehead atoms. The van der Waals surface area contributed by atoms with Gasteiger partial charge in [0.05, 0.1) is 4.90 Å². The van der Waals surface area contributed by atoms with Crippen LogP contribution in [0.15, 0.2) is 59.5 Å². The van der Waals surface area contributed by atoms with Gasteiger partial charge >= 0.3 is 0 Å². The molecular formula is C16H20N2O2S. The highest BCUT2D eigenvalue weighted by molar-refractivity contribution is 7.89. The van der Waals surface area contributed by atoms with E-state index in [9.17, 15) is 8.42 Å². The van der Waals surface area contributed by atoms with Gasteiger partial charge in [-0.15, -0.1) is 0 Å². The average Bonchev–Trinajstić information content (AvgIpc) is 2.53. The number of sulfonamides is 1. The number of nitrogens with two attached hydrogens (primary N) is 1. The summed E-state index contributed by atoms with van der Waals surface area (Å²) < 4.78 is 27.4. The third-order valence-corrected chi connectivity index (χ3v) is 4.89. The Kier molecular flexibility index (Phi) is 5.12. The molecule has 0 spiro atoms. The molecule has 0 aliphatic carbocycles. The van der Waals surface area contributed by atoms with Gasteiger partial charge in [-0.1, -0.05) is 55.5 Å². The summed E-state index contributed by atoms with van der Waals surface area (Å²) in [5.41, 5.74) is 7.73. The van der Waals surface area contributed by atoms with Gasteiger partial charge in [-0.05, 0) is 23.6 Å². The summed E-state index contributed by atoms with van der Waals surface area (Å²) in [4.78, 5) is 0.327. The molecule has 2 aromatic carbocycles. The Bertz CT molecular complexity index is 684. The Morgan fingerprint density at radius 2 is 1.67 bits per heavy atom. The Labute approximate surface area is 126 Å². The molecule has 112 valence electrons. The lowest BCUT2D eigenvalue weighted by Crippen LogP contribution is -2.32. The van der Waals surface area contributed by atoms with Crippen molar-refractivity contribution >= 4 is 10.0 Å². The first kappa shape index (κ1) is 15.7. The summed E-state index contributed by atoms with van der Waals surface area (Å²) >= 11 is 0. The molecule has 5 heteroatoms. The van der Waals surface area contributed by atoms with E-state index in [-0.39, 0.29) is 12.6 Å². The molecule has 0 amide bonds. The second kappa shape index (κ2) is 6.85. The van der Waals surface area contributed by atoms with Crippen LogP contribution in [0.2, 0.25) is 0 Å². The molecule has 1 unspecified atom stereocenters. The van der Waals surface area contributed by atoms with Crippen LogP contribution in [-0.4, -0.2) is 15.0 Å². The first-order valence-corrected chi connectivity index (χ1v) is 8.41. The molecule has 3 N–H and O–H groups in total. The van der Waals surface area contributed by atoms with Gasteiger partial charge in [0.2, 0.25) is 10.0 Å². The predicted molar refractivity (Wildman–Crippen MR) is 84.4 cm³/mol. The monoisotopic (exact) mass is 304 g/mol. The fourth-order valence-corrected chi connectivity index (χ4v) is 3.52. The molecule has 1 atom stereocenters. The van der Waals surface area contributed by atoms with Crippen LogP contribution in [0.3, 0.4) is 0 Å². The normalized spacial score (nSPS) is 13.0. The summed E-state index contributed by atoms with van der Waals surface area (Å²) in [5.74, 6) is 0. The van der Waals surface area contributed by atoms with Crippen molar-refractivity contribution in [2.24, 2.45) is 5.73 Å². The maximum absolute atomic E-state index is 12.4. The van der Waals surface area contributed by atoms with Crippen LogP contribution in [0.25, 0.3) is 0 Å². The third kappa shape index (κ3) is 3.91. The van der Waals surface area contributed by atoms with Crippen LogP contribution >= 0.6 is 0 Å². The van der Waals surface area contributed by atoms with Gasteiger partial charge in [0.15, 0.2) is 0 Å². The van der Waals surface area contributed by atoms with Gasteiger partial charge in [0, 0.05) is 12.6 Å². The van der Waals surface area contributed by atoms with Crippen LogP contribution in [0.1, 0.15) is 24.1 Å². The molecule has 0 saturated heterocycles. The highest BCUT2D eigenvalue weighted by Gasteiger charge is 2.18. The van der Waals surface area contributed by atoms with Crippen molar-refractivity contribution in [1.29, 1.82) is 0 Å². The van der Waals surface area contributed by atoms with Crippen molar-refractivity contribution < 1.29 is 8.42 Å². The second-order valence-corrected chi connectivity index (χ2v) is 6.57. The van der Waals surface area contributed by atoms with E-state index >= 15 is 0 Å². The van der Waals surface area contributed by atoms with Gasteiger partial charge in [-0.3, -0.25) is 0 Å². The lowest BCUT2D eigenvalue weighted by Gasteiger charge is -2.15. The number of rotatable bonds is 6. The number of hydrogen-bond acceptors (Lipinski definition) is 3. The molecule has 0 aromatic heterocycles. The summed E-state index contributed by atoms with van der Waals surface area (Å²) in [6.07, 6.45) is 0.668. The minimum absolute atomic E-state index is 0.171. The van der Waals surface area contributed by atoms with E-state index in [0.29, 0.717) is 11.3 Å². The predicted octanol–water partition coefficient (Wildman–Crippen LogP) is 2.23. The lowest BCUT2D eigenvalue weighted by atomic mass is 10.1. The highest BCUT2D eigenvalue weighted by Crippen LogP contribution is 2.16. The first-order chi connectivity index (χ1) is 10.0. The fourth-order valence-electron chi connectivity index (χ4n) is 2.15. The van der Waals surface area contributed by atoms with Crippen molar-refractivity contribution in [3.63, 3.8) is 0 Å². The number of aryl methyl sites for hydroxylation is 1. The minimum atomic E-state index is -3.54. The van der Waals surface area contributed by atoms with Crippen LogP contribution in [0, 0.1) is 0 Å². The molecule has 2 aromatic rings. The molecule has 21 heavy (non-hydrogen) atoms. The van der Waals surface area contributed by atoms with Gasteiger partial charge in [-0.2, -0.15) is 0 Å². The molecule has 0 radical (unpaired) electrons. The van der Waals surface area contributed by atoms with E-state index in [4.69, 9.17) is 5.73 Å². The van der Waals surface area contributed by atoms with Crippen molar-refractivity contribution in [3.05, 3.63) is 65.7 Å². The summed E-state index contributed by atoms with van der Waals surface area (Å²) in [5, 5.41) is 0. The van der Waals surface area contributed by atoms with Crippen molar-refractivity contribution in [1.82, 2.24) is 4.72 Å². The van der Waals surface area contributed by atoms with Gasteiger partial charge in [0.1, 0.15) is 0 Å². The summed E-state index contributed by atoms with van der Waals surface area (Å²) in [6.45, 7) is 2.11. The molecule has 0 heterocycles. The zero-order chi connectivity index (χ0) is 15.3. The Morgan fingerprint density at radius 3 is 2.33 bits per heavy atom. The maximum atomic E-state index is 12.4. The van der Waals surface area contributed by atoms with Crippen molar-refractivity contribution in [3.8, 4) is 0 Å². The highest BCUT2D eigenvalue weighted by atomic mass is 32.2. The van der Waals surface area contributed by atoms with E-state index in [1.165, 1.54) is 0 Å². The topological polar surface area (TPSA) is 72.2 Å². The SMILES string of the molecule is CCc1ccccc1S(=O)(=O)NCC(N)c1ccccc1. The summed E-state index contributed by atoms with van der Waals surface area (Å²) in [6, 6.07) is 16.1. The quantitative estimate of drug-likeness (QED) is 0.859. The molecule has 0 aliphatic heterocycles. The minimum Gasteiger partial charge on any atom is -0.323 e. The van der Waals surface area contributed by atoms with Crippen LogP contribution in [0.4, 0.5) is 0 Å². The Hall–Kier alpha value is -1.69. The smallest absolute Gasteiger partial charge is 0.240 e. The average molecular weight is 304 g/mol. The summed E-state index contributed by atoms with van der Waals surface area (Å²) in [7, 11) is -3.54. The molecule has 0 saturated carbocycles. The van der Waals surface area contributed by atoms with Gasteiger partial charge in [0.25, 0.3) is 0 Å². The second-order valence-electron chi connectivity index (χ2n) is 4.83. The molecule has 2 rings (SSSR count). The van der Waals surface area contributed by atoms with Crippen molar-refractivity contribution in [2.45, 2.75) is 24.3 Å². The van der Waals surface area contributed by atoms with E-state index < -0.39 is 10.0 Å². The number of nitrogens with one attached hydrogen (secondary N) is 1. The fraction of sp³-hybridized carbons (Fsp3) is 0.250. The van der Waals surface area contributed by atoms with E-state index in [2.05, 4.69) is 4.72 Å². The van der Waals surface area contributed by atoms with Gasteiger partial charge in [-0.25, -0.2) is 13.1 Å².